The number of aromatic nitrogens is 2. The largest absolute Gasteiger partial charge is 0.369 e. The Morgan fingerprint density at radius 1 is 1.26 bits per heavy atom. The van der Waals surface area contributed by atoms with Crippen LogP contribution in [-0.2, 0) is 5.75 Å². The summed E-state index contributed by atoms with van der Waals surface area (Å²) in [7, 11) is 0. The van der Waals surface area contributed by atoms with E-state index in [1.54, 1.807) is 0 Å². The lowest BCUT2D eigenvalue weighted by molar-refractivity contribution is 0.900. The van der Waals surface area contributed by atoms with Crippen LogP contribution in [-0.4, -0.2) is 22.3 Å². The molecule has 0 aliphatic heterocycles. The summed E-state index contributed by atoms with van der Waals surface area (Å²) in [4.78, 5) is 9.50. The molecular weight excluding hydrogens is 369 g/mol. The van der Waals surface area contributed by atoms with Gasteiger partial charge in [0.25, 0.3) is 0 Å². The van der Waals surface area contributed by atoms with Gasteiger partial charge in [-0.15, -0.1) is 0 Å². The Balaban J connectivity index is 2.15. The van der Waals surface area contributed by atoms with Crippen molar-refractivity contribution >= 4 is 40.2 Å². The summed E-state index contributed by atoms with van der Waals surface area (Å²) in [5.41, 5.74) is 1.28. The summed E-state index contributed by atoms with van der Waals surface area (Å²) in [6.07, 6.45) is 4.92. The summed E-state index contributed by atoms with van der Waals surface area (Å²) in [5.74, 6) is 4.86. The van der Waals surface area contributed by atoms with E-state index in [-0.39, 0.29) is 0 Å². The van der Waals surface area contributed by atoms with Gasteiger partial charge in [0.2, 0.25) is 0 Å². The summed E-state index contributed by atoms with van der Waals surface area (Å²) >= 11 is 4.33. The molecule has 2 rings (SSSR count). The molecule has 0 unspecified atom stereocenters. The molecule has 0 aromatic carbocycles. The van der Waals surface area contributed by atoms with Gasteiger partial charge in [-0.2, -0.15) is 11.8 Å². The smallest absolute Gasteiger partial charge is 0.143 e. The van der Waals surface area contributed by atoms with Crippen molar-refractivity contribution in [2.45, 2.75) is 51.2 Å². The van der Waals surface area contributed by atoms with Gasteiger partial charge >= 0.3 is 0 Å². The highest BCUT2D eigenvalue weighted by molar-refractivity contribution is 14.1. The van der Waals surface area contributed by atoms with Gasteiger partial charge in [-0.05, 0) is 54.0 Å². The Kier molecular flexibility index (Phi) is 6.19. The molecule has 1 aliphatic rings. The van der Waals surface area contributed by atoms with Gasteiger partial charge in [0.05, 0.1) is 15.0 Å². The summed E-state index contributed by atoms with van der Waals surface area (Å²) in [6.45, 7) is 5.38. The molecule has 1 aromatic rings. The maximum Gasteiger partial charge on any atom is 0.143 e. The van der Waals surface area contributed by atoms with Crippen molar-refractivity contribution in [3.05, 3.63) is 15.1 Å². The van der Waals surface area contributed by atoms with Gasteiger partial charge in [-0.3, -0.25) is 0 Å². The zero-order valence-corrected chi connectivity index (χ0v) is 14.7. The van der Waals surface area contributed by atoms with E-state index < -0.39 is 0 Å². The highest BCUT2D eigenvalue weighted by Crippen LogP contribution is 2.42. The highest BCUT2D eigenvalue weighted by Gasteiger charge is 2.29. The Labute approximate surface area is 133 Å². The highest BCUT2D eigenvalue weighted by atomic mass is 127. The summed E-state index contributed by atoms with van der Waals surface area (Å²) in [6, 6.07) is 0. The Morgan fingerprint density at radius 2 is 2.05 bits per heavy atom. The molecule has 1 saturated carbocycles. The Hall–Kier alpha value is -0.0400. The fraction of sp³-hybridized carbons (Fsp3) is 0.714. The second-order valence-electron chi connectivity index (χ2n) is 4.94. The number of hydrogen-bond acceptors (Lipinski definition) is 4. The van der Waals surface area contributed by atoms with Crippen LogP contribution in [0, 0.1) is 3.57 Å². The third-order valence-corrected chi connectivity index (χ3v) is 5.23. The van der Waals surface area contributed by atoms with Crippen LogP contribution in [0.3, 0.4) is 0 Å². The van der Waals surface area contributed by atoms with E-state index in [4.69, 9.17) is 9.97 Å². The number of anilines is 1. The molecule has 1 aromatic heterocycles. The average Bonchev–Trinajstić information content (AvgIpc) is 3.23. The lowest BCUT2D eigenvalue weighted by Crippen LogP contribution is -2.10. The number of rotatable bonds is 8. The minimum Gasteiger partial charge on any atom is -0.369 e. The molecule has 0 spiro atoms. The first-order valence-corrected chi connectivity index (χ1v) is 9.37. The second kappa shape index (κ2) is 7.67. The molecular formula is C14H22IN3S. The zero-order valence-electron chi connectivity index (χ0n) is 11.7. The lowest BCUT2D eigenvalue weighted by Gasteiger charge is -2.12. The van der Waals surface area contributed by atoms with Crippen LogP contribution < -0.4 is 5.32 Å². The maximum absolute atomic E-state index is 4.80. The van der Waals surface area contributed by atoms with E-state index in [9.17, 15) is 0 Å². The zero-order chi connectivity index (χ0) is 13.7. The van der Waals surface area contributed by atoms with Crippen LogP contribution in [0.4, 0.5) is 5.82 Å². The molecule has 1 heterocycles. The third-order valence-electron chi connectivity index (χ3n) is 3.01. The predicted octanol–water partition coefficient (Wildman–Crippen LogP) is 4.42. The minimum atomic E-state index is 0.687. The molecule has 19 heavy (non-hydrogen) atoms. The molecule has 106 valence electrons. The number of halogens is 1. The molecule has 1 fully saturated rings. The maximum atomic E-state index is 4.80. The van der Waals surface area contributed by atoms with E-state index in [1.807, 2.05) is 11.8 Å². The quantitative estimate of drug-likeness (QED) is 0.526. The standard InChI is InChI=1S/C14H22IN3S/c1-3-7-16-14-12(15)13(10-5-6-10)17-11(18-14)9-19-8-4-2/h10H,3-9H2,1-2H3,(H,16,17,18). The number of thioether (sulfide) groups is 1. The van der Waals surface area contributed by atoms with Crippen molar-refractivity contribution in [1.82, 2.24) is 9.97 Å². The number of nitrogens with one attached hydrogen (secondary N) is 1. The van der Waals surface area contributed by atoms with Crippen LogP contribution in [0.2, 0.25) is 0 Å². The van der Waals surface area contributed by atoms with Gasteiger partial charge in [0.15, 0.2) is 0 Å². The van der Waals surface area contributed by atoms with Crippen LogP contribution in [0.25, 0.3) is 0 Å². The van der Waals surface area contributed by atoms with Crippen molar-refractivity contribution in [2.75, 3.05) is 17.6 Å². The van der Waals surface area contributed by atoms with E-state index in [1.165, 1.54) is 34.3 Å². The molecule has 0 radical (unpaired) electrons. The monoisotopic (exact) mass is 391 g/mol. The third kappa shape index (κ3) is 4.48. The minimum absolute atomic E-state index is 0.687. The van der Waals surface area contributed by atoms with Crippen molar-refractivity contribution < 1.29 is 0 Å². The van der Waals surface area contributed by atoms with Crippen LogP contribution >= 0.6 is 34.4 Å². The second-order valence-corrected chi connectivity index (χ2v) is 7.13. The number of hydrogen-bond donors (Lipinski definition) is 1. The molecule has 1 aliphatic carbocycles. The van der Waals surface area contributed by atoms with E-state index >= 15 is 0 Å². The lowest BCUT2D eigenvalue weighted by atomic mass is 10.2. The van der Waals surface area contributed by atoms with Gasteiger partial charge in [0, 0.05) is 12.5 Å². The molecule has 0 bridgehead atoms. The van der Waals surface area contributed by atoms with E-state index in [2.05, 4.69) is 41.8 Å². The Bertz CT molecular complexity index is 421. The van der Waals surface area contributed by atoms with Crippen molar-refractivity contribution in [1.29, 1.82) is 0 Å². The van der Waals surface area contributed by atoms with Crippen LogP contribution in [0.15, 0.2) is 0 Å². The predicted molar refractivity (Wildman–Crippen MR) is 92.0 cm³/mol. The fourth-order valence-corrected chi connectivity index (χ4v) is 3.49. The van der Waals surface area contributed by atoms with Gasteiger partial charge in [0.1, 0.15) is 11.6 Å². The van der Waals surface area contributed by atoms with Gasteiger partial charge in [-0.25, -0.2) is 9.97 Å². The molecule has 0 atom stereocenters. The SMILES string of the molecule is CCCNc1nc(CSCCC)nc(C2CC2)c1I. The van der Waals surface area contributed by atoms with Crippen molar-refractivity contribution in [3.63, 3.8) is 0 Å². The van der Waals surface area contributed by atoms with Crippen molar-refractivity contribution in [2.24, 2.45) is 0 Å². The molecule has 3 nitrogen and oxygen atoms in total. The summed E-state index contributed by atoms with van der Waals surface area (Å²) in [5, 5.41) is 3.45. The molecule has 1 N–H and O–H groups in total. The number of nitrogens with zero attached hydrogens (tertiary/aromatic N) is 2. The molecule has 5 heteroatoms. The summed E-state index contributed by atoms with van der Waals surface area (Å²) < 4.78 is 1.23. The van der Waals surface area contributed by atoms with Crippen LogP contribution in [0.5, 0.6) is 0 Å². The normalized spacial score (nSPS) is 14.7. The first kappa shape index (κ1) is 15.4. The van der Waals surface area contributed by atoms with Gasteiger partial charge in [-0.1, -0.05) is 13.8 Å². The first-order chi connectivity index (χ1) is 9.26. The topological polar surface area (TPSA) is 37.8 Å². The van der Waals surface area contributed by atoms with E-state index in [0.717, 1.165) is 30.4 Å². The van der Waals surface area contributed by atoms with Crippen LogP contribution in [0.1, 0.15) is 57.0 Å². The van der Waals surface area contributed by atoms with Crippen molar-refractivity contribution in [3.8, 4) is 0 Å². The van der Waals surface area contributed by atoms with E-state index in [0.29, 0.717) is 5.92 Å². The Morgan fingerprint density at radius 3 is 2.68 bits per heavy atom. The average molecular weight is 391 g/mol. The van der Waals surface area contributed by atoms with Gasteiger partial charge < -0.3 is 5.32 Å². The fourth-order valence-electron chi connectivity index (χ4n) is 1.87. The molecule has 0 saturated heterocycles. The molecule has 0 amide bonds. The first-order valence-electron chi connectivity index (χ1n) is 7.14.